The van der Waals surface area contributed by atoms with Crippen LogP contribution in [-0.2, 0) is 11.2 Å². The first-order chi connectivity index (χ1) is 12.6. The van der Waals surface area contributed by atoms with Gasteiger partial charge in [-0.3, -0.25) is 9.69 Å². The lowest BCUT2D eigenvalue weighted by Crippen LogP contribution is -2.28. The van der Waals surface area contributed by atoms with Gasteiger partial charge in [0.1, 0.15) is 11.5 Å². The number of thioether (sulfide) groups is 1. The highest BCUT2D eigenvalue weighted by Gasteiger charge is 2.34. The van der Waals surface area contributed by atoms with E-state index in [9.17, 15) is 4.79 Å². The number of ether oxygens (including phenoxy) is 2. The molecule has 4 nitrogen and oxygen atoms in total. The molecule has 0 bridgehead atoms. The maximum Gasteiger partial charge on any atom is 0.270 e. The van der Waals surface area contributed by atoms with Gasteiger partial charge < -0.3 is 9.47 Å². The second-order valence-corrected chi connectivity index (χ2v) is 7.28. The Hall–Kier alpha value is -2.31. The quantitative estimate of drug-likeness (QED) is 0.552. The normalized spacial score (nSPS) is 15.7. The van der Waals surface area contributed by atoms with Crippen LogP contribution in [0.4, 0.5) is 5.69 Å². The molecule has 6 heteroatoms. The maximum atomic E-state index is 13.0. The third-order valence-corrected chi connectivity index (χ3v) is 5.44. The molecule has 1 amide bonds. The number of nitrogens with zero attached hydrogens (tertiary/aromatic N) is 1. The SMILES string of the molecule is CCc1ccccc1N1C(=O)C(=Cc2ccc(OC)cc2OC)SC1=S. The zero-order valence-electron chi connectivity index (χ0n) is 14.8. The van der Waals surface area contributed by atoms with E-state index in [2.05, 4.69) is 6.92 Å². The molecule has 0 N–H and O–H groups in total. The largest absolute Gasteiger partial charge is 0.497 e. The van der Waals surface area contributed by atoms with E-state index in [4.69, 9.17) is 21.7 Å². The molecule has 2 aromatic rings. The van der Waals surface area contributed by atoms with Crippen molar-refractivity contribution in [2.45, 2.75) is 13.3 Å². The van der Waals surface area contributed by atoms with Crippen LogP contribution in [0.5, 0.6) is 11.5 Å². The predicted octanol–water partition coefficient (Wildman–Crippen LogP) is 4.67. The monoisotopic (exact) mass is 385 g/mol. The third kappa shape index (κ3) is 3.48. The number of methoxy groups -OCH3 is 2. The second kappa shape index (κ2) is 7.93. The molecule has 1 saturated heterocycles. The van der Waals surface area contributed by atoms with E-state index in [0.29, 0.717) is 20.7 Å². The van der Waals surface area contributed by atoms with Crippen molar-refractivity contribution < 1.29 is 14.3 Å². The summed E-state index contributed by atoms with van der Waals surface area (Å²) in [5.41, 5.74) is 2.74. The molecule has 0 unspecified atom stereocenters. The molecule has 0 aromatic heterocycles. The molecule has 0 radical (unpaired) electrons. The van der Waals surface area contributed by atoms with E-state index in [1.54, 1.807) is 25.2 Å². The van der Waals surface area contributed by atoms with Gasteiger partial charge in [-0.2, -0.15) is 0 Å². The van der Waals surface area contributed by atoms with Crippen molar-refractivity contribution in [3.8, 4) is 11.5 Å². The van der Waals surface area contributed by atoms with Crippen molar-refractivity contribution in [2.24, 2.45) is 0 Å². The minimum atomic E-state index is -0.112. The van der Waals surface area contributed by atoms with Gasteiger partial charge in [-0.15, -0.1) is 0 Å². The zero-order valence-corrected chi connectivity index (χ0v) is 16.4. The second-order valence-electron chi connectivity index (χ2n) is 5.61. The van der Waals surface area contributed by atoms with Crippen LogP contribution in [0.15, 0.2) is 47.4 Å². The van der Waals surface area contributed by atoms with Gasteiger partial charge in [0, 0.05) is 11.6 Å². The van der Waals surface area contributed by atoms with E-state index in [-0.39, 0.29) is 5.91 Å². The summed E-state index contributed by atoms with van der Waals surface area (Å²) < 4.78 is 11.2. The molecule has 2 aromatic carbocycles. The molecule has 0 atom stereocenters. The molecule has 3 rings (SSSR count). The van der Waals surface area contributed by atoms with Gasteiger partial charge in [-0.1, -0.05) is 49.1 Å². The number of thiocarbonyl (C=S) groups is 1. The molecule has 134 valence electrons. The Balaban J connectivity index is 1.98. The van der Waals surface area contributed by atoms with Gasteiger partial charge in [0.25, 0.3) is 5.91 Å². The average molecular weight is 386 g/mol. The molecule has 1 aliphatic rings. The van der Waals surface area contributed by atoms with Gasteiger partial charge in [-0.05, 0) is 36.3 Å². The Morgan fingerprint density at radius 3 is 2.62 bits per heavy atom. The molecular weight excluding hydrogens is 366 g/mol. The minimum Gasteiger partial charge on any atom is -0.497 e. The Labute approximate surface area is 162 Å². The first-order valence-corrected chi connectivity index (χ1v) is 9.39. The van der Waals surface area contributed by atoms with Crippen LogP contribution in [0, 0.1) is 0 Å². The van der Waals surface area contributed by atoms with Crippen molar-refractivity contribution in [3.63, 3.8) is 0 Å². The van der Waals surface area contributed by atoms with Gasteiger partial charge in [0.2, 0.25) is 0 Å². The lowest BCUT2D eigenvalue weighted by molar-refractivity contribution is -0.113. The number of anilines is 1. The van der Waals surface area contributed by atoms with E-state index in [1.807, 2.05) is 42.5 Å². The summed E-state index contributed by atoms with van der Waals surface area (Å²) in [6, 6.07) is 13.3. The Bertz CT molecular complexity index is 892. The fourth-order valence-corrected chi connectivity index (χ4v) is 4.06. The summed E-state index contributed by atoms with van der Waals surface area (Å²) in [4.78, 5) is 15.2. The summed E-state index contributed by atoms with van der Waals surface area (Å²) in [6.07, 6.45) is 2.64. The number of aryl methyl sites for hydroxylation is 1. The number of para-hydroxylation sites is 1. The molecule has 0 saturated carbocycles. The summed E-state index contributed by atoms with van der Waals surface area (Å²) in [5, 5.41) is 0. The van der Waals surface area contributed by atoms with Crippen LogP contribution in [0.2, 0.25) is 0 Å². The van der Waals surface area contributed by atoms with Crippen LogP contribution >= 0.6 is 24.0 Å². The van der Waals surface area contributed by atoms with Crippen molar-refractivity contribution in [2.75, 3.05) is 19.1 Å². The summed E-state index contributed by atoms with van der Waals surface area (Å²) >= 11 is 6.78. The topological polar surface area (TPSA) is 38.8 Å². The Morgan fingerprint density at radius 2 is 1.92 bits per heavy atom. The van der Waals surface area contributed by atoms with E-state index < -0.39 is 0 Å². The highest BCUT2D eigenvalue weighted by atomic mass is 32.2. The van der Waals surface area contributed by atoms with Crippen molar-refractivity contribution in [1.29, 1.82) is 0 Å². The maximum absolute atomic E-state index is 13.0. The summed E-state index contributed by atoms with van der Waals surface area (Å²) in [6.45, 7) is 2.06. The van der Waals surface area contributed by atoms with Gasteiger partial charge >= 0.3 is 0 Å². The molecule has 0 aliphatic carbocycles. The lowest BCUT2D eigenvalue weighted by atomic mass is 10.1. The minimum absolute atomic E-state index is 0.112. The third-order valence-electron chi connectivity index (χ3n) is 4.13. The van der Waals surface area contributed by atoms with Crippen LogP contribution in [0.25, 0.3) is 6.08 Å². The molecule has 26 heavy (non-hydrogen) atoms. The molecule has 1 heterocycles. The van der Waals surface area contributed by atoms with E-state index in [1.165, 1.54) is 11.8 Å². The number of benzene rings is 2. The standard InChI is InChI=1S/C20H19NO3S2/c1-4-13-7-5-6-8-16(13)21-19(22)18(26-20(21)25)11-14-9-10-15(23-2)12-17(14)24-3/h5-12H,4H2,1-3H3. The van der Waals surface area contributed by atoms with Crippen molar-refractivity contribution >= 4 is 46.0 Å². The van der Waals surface area contributed by atoms with Crippen LogP contribution in [0.3, 0.4) is 0 Å². The number of carbonyl (C=O) groups excluding carboxylic acids is 1. The van der Waals surface area contributed by atoms with Crippen molar-refractivity contribution in [3.05, 3.63) is 58.5 Å². The predicted molar refractivity (Wildman–Crippen MR) is 111 cm³/mol. The lowest BCUT2D eigenvalue weighted by Gasteiger charge is -2.18. The first kappa shape index (κ1) is 18.5. The first-order valence-electron chi connectivity index (χ1n) is 8.17. The van der Waals surface area contributed by atoms with Crippen LogP contribution < -0.4 is 14.4 Å². The van der Waals surface area contributed by atoms with Crippen LogP contribution in [-0.4, -0.2) is 24.4 Å². The average Bonchev–Trinajstić information content (AvgIpc) is 2.95. The van der Waals surface area contributed by atoms with Crippen molar-refractivity contribution in [1.82, 2.24) is 0 Å². The zero-order chi connectivity index (χ0) is 18.7. The van der Waals surface area contributed by atoms with E-state index in [0.717, 1.165) is 23.2 Å². The number of hydrogen-bond donors (Lipinski definition) is 0. The van der Waals surface area contributed by atoms with Gasteiger partial charge in [-0.25, -0.2) is 0 Å². The fourth-order valence-electron chi connectivity index (χ4n) is 2.78. The Morgan fingerprint density at radius 1 is 1.15 bits per heavy atom. The molecule has 1 fully saturated rings. The highest BCUT2D eigenvalue weighted by molar-refractivity contribution is 8.27. The highest BCUT2D eigenvalue weighted by Crippen LogP contribution is 2.38. The molecule has 0 spiro atoms. The summed E-state index contributed by atoms with van der Waals surface area (Å²) in [5.74, 6) is 1.23. The summed E-state index contributed by atoms with van der Waals surface area (Å²) in [7, 11) is 3.19. The van der Waals surface area contributed by atoms with E-state index >= 15 is 0 Å². The fraction of sp³-hybridized carbons (Fsp3) is 0.200. The number of hydrogen-bond acceptors (Lipinski definition) is 5. The number of amides is 1. The number of carbonyl (C=O) groups is 1. The molecular formula is C20H19NO3S2. The van der Waals surface area contributed by atoms with Crippen LogP contribution in [0.1, 0.15) is 18.1 Å². The smallest absolute Gasteiger partial charge is 0.270 e. The number of rotatable bonds is 5. The van der Waals surface area contributed by atoms with Gasteiger partial charge in [0.15, 0.2) is 4.32 Å². The van der Waals surface area contributed by atoms with Gasteiger partial charge in [0.05, 0.1) is 24.8 Å². The Kier molecular flexibility index (Phi) is 5.64. The molecule has 1 aliphatic heterocycles.